The Morgan fingerprint density at radius 3 is 2.54 bits per heavy atom. The van der Waals surface area contributed by atoms with Gasteiger partial charge < -0.3 is 5.11 Å². The lowest BCUT2D eigenvalue weighted by molar-refractivity contribution is 0.172. The second-order valence-corrected chi connectivity index (χ2v) is 6.59. The third kappa shape index (κ3) is 3.23. The van der Waals surface area contributed by atoms with Crippen molar-refractivity contribution in [2.75, 3.05) is 6.54 Å². The molecule has 1 aliphatic heterocycles. The van der Waals surface area contributed by atoms with Gasteiger partial charge in [-0.1, -0.05) is 26.0 Å². The van der Waals surface area contributed by atoms with Crippen LogP contribution in [-0.4, -0.2) is 32.4 Å². The molecule has 0 unspecified atom stereocenters. The standard InChI is InChI=1S/C19H26FN3O/c1-4-17-16(18(5-2)22(3)21-17)12-23-11-15(24)10-19(23)13-6-8-14(20)9-7-13/h6-9,15,19,24H,4-5,10-12H2,1-3H3/t15-,19-/m1/s1. The topological polar surface area (TPSA) is 41.3 Å². The van der Waals surface area contributed by atoms with Gasteiger partial charge in [-0.25, -0.2) is 4.39 Å². The van der Waals surface area contributed by atoms with E-state index in [1.165, 1.54) is 23.4 Å². The molecule has 1 aromatic heterocycles. The van der Waals surface area contributed by atoms with Crippen molar-refractivity contribution in [2.45, 2.75) is 51.8 Å². The maximum absolute atomic E-state index is 13.2. The molecule has 1 aliphatic rings. The van der Waals surface area contributed by atoms with E-state index in [4.69, 9.17) is 0 Å². The molecule has 0 bridgehead atoms. The summed E-state index contributed by atoms with van der Waals surface area (Å²) >= 11 is 0. The van der Waals surface area contributed by atoms with Crippen molar-refractivity contribution in [1.82, 2.24) is 14.7 Å². The fourth-order valence-corrected chi connectivity index (χ4v) is 3.86. The first-order valence-electron chi connectivity index (χ1n) is 8.74. The Morgan fingerprint density at radius 1 is 1.21 bits per heavy atom. The normalized spacial score (nSPS) is 21.5. The molecule has 2 atom stereocenters. The number of halogens is 1. The summed E-state index contributed by atoms with van der Waals surface area (Å²) in [6.07, 6.45) is 2.19. The van der Waals surface area contributed by atoms with E-state index in [1.807, 2.05) is 23.9 Å². The minimum absolute atomic E-state index is 0.121. The van der Waals surface area contributed by atoms with Crippen LogP contribution in [0.5, 0.6) is 0 Å². The summed E-state index contributed by atoms with van der Waals surface area (Å²) in [5.41, 5.74) is 4.73. The summed E-state index contributed by atoms with van der Waals surface area (Å²) < 4.78 is 15.2. The van der Waals surface area contributed by atoms with E-state index in [9.17, 15) is 9.50 Å². The van der Waals surface area contributed by atoms with Crippen LogP contribution < -0.4 is 0 Å². The van der Waals surface area contributed by atoms with Gasteiger partial charge in [-0.05, 0) is 37.0 Å². The molecule has 4 nitrogen and oxygen atoms in total. The monoisotopic (exact) mass is 331 g/mol. The summed E-state index contributed by atoms with van der Waals surface area (Å²) in [5, 5.41) is 14.8. The van der Waals surface area contributed by atoms with E-state index < -0.39 is 0 Å². The molecular weight excluding hydrogens is 305 g/mol. The van der Waals surface area contributed by atoms with E-state index in [-0.39, 0.29) is 18.0 Å². The Balaban J connectivity index is 1.89. The first kappa shape index (κ1) is 17.1. The molecule has 1 fully saturated rings. The van der Waals surface area contributed by atoms with Crippen molar-refractivity contribution in [1.29, 1.82) is 0 Å². The van der Waals surface area contributed by atoms with Crippen LogP contribution in [0.15, 0.2) is 24.3 Å². The van der Waals surface area contributed by atoms with Gasteiger partial charge >= 0.3 is 0 Å². The fraction of sp³-hybridized carbons (Fsp3) is 0.526. The second-order valence-electron chi connectivity index (χ2n) is 6.59. The lowest BCUT2D eigenvalue weighted by atomic mass is 10.0. The molecule has 1 N–H and O–H groups in total. The van der Waals surface area contributed by atoms with Crippen molar-refractivity contribution in [3.63, 3.8) is 0 Å². The van der Waals surface area contributed by atoms with Crippen LogP contribution in [0.25, 0.3) is 0 Å². The van der Waals surface area contributed by atoms with Crippen LogP contribution in [0.1, 0.15) is 48.8 Å². The highest BCUT2D eigenvalue weighted by atomic mass is 19.1. The largest absolute Gasteiger partial charge is 0.392 e. The van der Waals surface area contributed by atoms with Crippen molar-refractivity contribution < 1.29 is 9.50 Å². The molecule has 3 rings (SSSR count). The highest BCUT2D eigenvalue weighted by molar-refractivity contribution is 5.28. The van der Waals surface area contributed by atoms with Crippen LogP contribution in [0.4, 0.5) is 4.39 Å². The summed E-state index contributed by atoms with van der Waals surface area (Å²) in [6.45, 7) is 5.69. The van der Waals surface area contributed by atoms with Gasteiger partial charge in [0, 0.05) is 37.4 Å². The number of aromatic nitrogens is 2. The van der Waals surface area contributed by atoms with E-state index in [0.29, 0.717) is 13.0 Å². The number of β-amino-alcohol motifs (C(OH)–C–C–N with tert-alkyl or cyclic N) is 1. The van der Waals surface area contributed by atoms with Gasteiger partial charge in [0.25, 0.3) is 0 Å². The highest BCUT2D eigenvalue weighted by Crippen LogP contribution is 2.34. The molecule has 5 heteroatoms. The van der Waals surface area contributed by atoms with Gasteiger partial charge in [0.1, 0.15) is 5.82 Å². The number of rotatable bonds is 5. The summed E-state index contributed by atoms with van der Waals surface area (Å²) in [7, 11) is 2.00. The quantitative estimate of drug-likeness (QED) is 0.916. The third-order valence-electron chi connectivity index (χ3n) is 5.03. The molecule has 2 aromatic rings. The van der Waals surface area contributed by atoms with Gasteiger partial charge in [0.05, 0.1) is 11.8 Å². The SMILES string of the molecule is CCc1nn(C)c(CC)c1CN1C[C@H](O)C[C@@H]1c1ccc(F)cc1. The second kappa shape index (κ2) is 7.03. The van der Waals surface area contributed by atoms with Gasteiger partial charge in [-0.3, -0.25) is 9.58 Å². The Hall–Kier alpha value is -1.72. The number of aliphatic hydroxyl groups excluding tert-OH is 1. The molecule has 0 spiro atoms. The number of aliphatic hydroxyl groups is 1. The molecule has 130 valence electrons. The molecule has 2 heterocycles. The zero-order chi connectivity index (χ0) is 17.3. The Morgan fingerprint density at radius 2 is 1.92 bits per heavy atom. The molecular formula is C19H26FN3O. The molecule has 1 aromatic carbocycles. The average molecular weight is 331 g/mol. The predicted octanol–water partition coefficient (Wildman–Crippen LogP) is 2.99. The Bertz CT molecular complexity index is 695. The van der Waals surface area contributed by atoms with Gasteiger partial charge in [0.15, 0.2) is 0 Å². The number of hydrogen-bond acceptors (Lipinski definition) is 3. The van der Waals surface area contributed by atoms with Crippen LogP contribution in [0, 0.1) is 5.82 Å². The number of benzene rings is 1. The molecule has 24 heavy (non-hydrogen) atoms. The number of nitrogens with zero attached hydrogens (tertiary/aromatic N) is 3. The Labute approximate surface area is 142 Å². The lowest BCUT2D eigenvalue weighted by Crippen LogP contribution is -2.25. The maximum Gasteiger partial charge on any atom is 0.123 e. The zero-order valence-corrected chi connectivity index (χ0v) is 14.7. The maximum atomic E-state index is 13.2. The highest BCUT2D eigenvalue weighted by Gasteiger charge is 2.33. The van der Waals surface area contributed by atoms with Crippen LogP contribution in [0.2, 0.25) is 0 Å². The summed E-state index contributed by atoms with van der Waals surface area (Å²) in [4.78, 5) is 2.30. The first-order valence-corrected chi connectivity index (χ1v) is 8.74. The average Bonchev–Trinajstić information content (AvgIpc) is 3.08. The summed E-state index contributed by atoms with van der Waals surface area (Å²) in [5.74, 6) is -0.224. The van der Waals surface area contributed by atoms with E-state index in [1.54, 1.807) is 0 Å². The lowest BCUT2D eigenvalue weighted by Gasteiger charge is -2.25. The zero-order valence-electron chi connectivity index (χ0n) is 14.7. The predicted molar refractivity (Wildman–Crippen MR) is 92.1 cm³/mol. The third-order valence-corrected chi connectivity index (χ3v) is 5.03. The molecule has 0 radical (unpaired) electrons. The Kier molecular flexibility index (Phi) is 5.01. The fourth-order valence-electron chi connectivity index (χ4n) is 3.86. The minimum atomic E-state index is -0.341. The van der Waals surface area contributed by atoms with Gasteiger partial charge in [-0.2, -0.15) is 5.10 Å². The van der Waals surface area contributed by atoms with Crippen LogP contribution in [-0.2, 0) is 26.4 Å². The van der Waals surface area contributed by atoms with E-state index >= 15 is 0 Å². The van der Waals surface area contributed by atoms with Crippen LogP contribution >= 0.6 is 0 Å². The van der Waals surface area contributed by atoms with Crippen molar-refractivity contribution in [3.05, 3.63) is 52.6 Å². The van der Waals surface area contributed by atoms with Crippen molar-refractivity contribution in [2.24, 2.45) is 7.05 Å². The smallest absolute Gasteiger partial charge is 0.123 e. The summed E-state index contributed by atoms with van der Waals surface area (Å²) in [6, 6.07) is 6.77. The van der Waals surface area contributed by atoms with E-state index in [2.05, 4.69) is 23.8 Å². The number of likely N-dealkylation sites (tertiary alicyclic amines) is 1. The molecule has 0 aliphatic carbocycles. The minimum Gasteiger partial charge on any atom is -0.392 e. The number of aryl methyl sites for hydroxylation is 2. The first-order chi connectivity index (χ1) is 11.5. The van der Waals surface area contributed by atoms with Crippen molar-refractivity contribution >= 4 is 0 Å². The van der Waals surface area contributed by atoms with Gasteiger partial charge in [0.2, 0.25) is 0 Å². The molecule has 0 amide bonds. The van der Waals surface area contributed by atoms with Crippen LogP contribution in [0.3, 0.4) is 0 Å². The number of hydrogen-bond donors (Lipinski definition) is 1. The van der Waals surface area contributed by atoms with Crippen molar-refractivity contribution in [3.8, 4) is 0 Å². The van der Waals surface area contributed by atoms with Gasteiger partial charge in [-0.15, -0.1) is 0 Å². The van der Waals surface area contributed by atoms with E-state index in [0.717, 1.165) is 30.6 Å². The molecule has 0 saturated carbocycles. The molecule has 1 saturated heterocycles.